The molecular formula is C20H21N5O4S2. The highest BCUT2D eigenvalue weighted by atomic mass is 32.2. The zero-order chi connectivity index (χ0) is 21.8. The van der Waals surface area contributed by atoms with Crippen molar-refractivity contribution in [3.63, 3.8) is 0 Å². The first kappa shape index (κ1) is 21.3. The number of amides is 1. The van der Waals surface area contributed by atoms with Crippen molar-refractivity contribution < 1.29 is 14.3 Å². The minimum Gasteiger partial charge on any atom is -0.462 e. The second kappa shape index (κ2) is 9.48. The Balaban J connectivity index is 1.52. The summed E-state index contributed by atoms with van der Waals surface area (Å²) in [4.78, 5) is 48.5. The predicted molar refractivity (Wildman–Crippen MR) is 122 cm³/mol. The Labute approximate surface area is 186 Å². The molecule has 1 aromatic carbocycles. The van der Waals surface area contributed by atoms with Gasteiger partial charge in [-0.05, 0) is 19.1 Å². The number of nitrogens with zero attached hydrogens (tertiary/aromatic N) is 4. The summed E-state index contributed by atoms with van der Waals surface area (Å²) in [7, 11) is 0. The Kier molecular flexibility index (Phi) is 6.52. The summed E-state index contributed by atoms with van der Waals surface area (Å²) < 4.78 is 6.70. The number of thiazole rings is 1. The summed E-state index contributed by atoms with van der Waals surface area (Å²) >= 11 is 3.20. The maximum absolute atomic E-state index is 12.9. The normalized spacial score (nSPS) is 13.9. The highest BCUT2D eigenvalue weighted by Crippen LogP contribution is 2.27. The van der Waals surface area contributed by atoms with Crippen LogP contribution in [0.25, 0.3) is 10.3 Å². The number of thioether (sulfide) groups is 1. The van der Waals surface area contributed by atoms with Crippen LogP contribution in [0.2, 0.25) is 0 Å². The van der Waals surface area contributed by atoms with Gasteiger partial charge in [0, 0.05) is 24.6 Å². The Morgan fingerprint density at radius 1 is 1.23 bits per heavy atom. The van der Waals surface area contributed by atoms with Crippen LogP contribution in [0.3, 0.4) is 0 Å². The monoisotopic (exact) mass is 459 g/mol. The molecule has 0 aliphatic carbocycles. The standard InChI is InChI=1S/C20H21N5O4S2/c1-2-29-19(28)13-5-3-4-6-14(13)22-15(26)11-25-12-21-17-16(18(25)27)31-20(23-17)24-7-9-30-10-8-24/h3-6,12H,2,7-11H2,1H3,(H,22,26). The topological polar surface area (TPSA) is 106 Å². The van der Waals surface area contributed by atoms with Crippen molar-refractivity contribution in [1.29, 1.82) is 0 Å². The quantitative estimate of drug-likeness (QED) is 0.560. The molecule has 162 valence electrons. The summed E-state index contributed by atoms with van der Waals surface area (Å²) in [6, 6.07) is 6.58. The van der Waals surface area contributed by atoms with E-state index in [-0.39, 0.29) is 24.3 Å². The molecule has 3 heterocycles. The summed E-state index contributed by atoms with van der Waals surface area (Å²) in [6.45, 7) is 3.49. The van der Waals surface area contributed by atoms with Gasteiger partial charge in [0.25, 0.3) is 5.56 Å². The van der Waals surface area contributed by atoms with E-state index in [0.29, 0.717) is 16.0 Å². The number of carbonyl (C=O) groups is 2. The molecule has 4 rings (SSSR count). The van der Waals surface area contributed by atoms with Crippen molar-refractivity contribution in [2.75, 3.05) is 41.4 Å². The van der Waals surface area contributed by atoms with Crippen LogP contribution < -0.4 is 15.8 Å². The van der Waals surface area contributed by atoms with Gasteiger partial charge in [-0.3, -0.25) is 14.2 Å². The second-order valence-electron chi connectivity index (χ2n) is 6.74. The number of hydrogen-bond acceptors (Lipinski definition) is 9. The highest BCUT2D eigenvalue weighted by molar-refractivity contribution is 7.99. The lowest BCUT2D eigenvalue weighted by atomic mass is 10.2. The molecule has 0 saturated carbocycles. The van der Waals surface area contributed by atoms with E-state index in [1.54, 1.807) is 31.2 Å². The van der Waals surface area contributed by atoms with Gasteiger partial charge < -0.3 is 15.0 Å². The van der Waals surface area contributed by atoms with Crippen LogP contribution in [0.4, 0.5) is 10.8 Å². The van der Waals surface area contributed by atoms with Gasteiger partial charge in [0.05, 0.1) is 17.9 Å². The molecule has 0 unspecified atom stereocenters. The summed E-state index contributed by atoms with van der Waals surface area (Å²) in [5.74, 6) is 1.09. The molecule has 9 nitrogen and oxygen atoms in total. The molecule has 3 aromatic rings. The number of aromatic nitrogens is 3. The molecular weight excluding hydrogens is 438 g/mol. The maximum Gasteiger partial charge on any atom is 0.340 e. The van der Waals surface area contributed by atoms with Crippen molar-refractivity contribution in [2.24, 2.45) is 0 Å². The average molecular weight is 460 g/mol. The van der Waals surface area contributed by atoms with Crippen molar-refractivity contribution in [3.05, 3.63) is 46.5 Å². The van der Waals surface area contributed by atoms with Crippen LogP contribution in [-0.2, 0) is 16.1 Å². The minimum absolute atomic E-state index is 0.230. The molecule has 0 radical (unpaired) electrons. The zero-order valence-electron chi connectivity index (χ0n) is 16.9. The molecule has 2 aromatic heterocycles. The number of rotatable bonds is 6. The number of benzene rings is 1. The third-order valence-corrected chi connectivity index (χ3v) is 6.70. The van der Waals surface area contributed by atoms with E-state index in [1.807, 2.05) is 11.8 Å². The average Bonchev–Trinajstić information content (AvgIpc) is 3.22. The van der Waals surface area contributed by atoms with Crippen molar-refractivity contribution >= 4 is 56.1 Å². The number of ether oxygens (including phenoxy) is 1. The van der Waals surface area contributed by atoms with Crippen molar-refractivity contribution in [2.45, 2.75) is 13.5 Å². The van der Waals surface area contributed by atoms with Gasteiger partial charge in [-0.1, -0.05) is 23.5 Å². The van der Waals surface area contributed by atoms with Crippen LogP contribution in [0, 0.1) is 0 Å². The number of anilines is 2. The molecule has 1 amide bonds. The smallest absolute Gasteiger partial charge is 0.340 e. The van der Waals surface area contributed by atoms with E-state index in [9.17, 15) is 14.4 Å². The SMILES string of the molecule is CCOC(=O)c1ccccc1NC(=O)Cn1cnc2nc(N3CCSCC3)sc2c1=O. The van der Waals surface area contributed by atoms with Gasteiger partial charge in [0.1, 0.15) is 17.6 Å². The number of fused-ring (bicyclic) bond motifs is 1. The van der Waals surface area contributed by atoms with Crippen LogP contribution in [-0.4, -0.2) is 57.6 Å². The van der Waals surface area contributed by atoms with Crippen molar-refractivity contribution in [3.8, 4) is 0 Å². The fourth-order valence-electron chi connectivity index (χ4n) is 3.16. The van der Waals surface area contributed by atoms with Crippen LogP contribution >= 0.6 is 23.1 Å². The van der Waals surface area contributed by atoms with E-state index < -0.39 is 11.9 Å². The third kappa shape index (κ3) is 4.72. The molecule has 0 atom stereocenters. The minimum atomic E-state index is -0.521. The second-order valence-corrected chi connectivity index (χ2v) is 8.94. The van der Waals surface area contributed by atoms with Crippen LogP contribution in [0.5, 0.6) is 0 Å². The first-order valence-corrected chi connectivity index (χ1v) is 11.8. The fourth-order valence-corrected chi connectivity index (χ4v) is 5.08. The van der Waals surface area contributed by atoms with Gasteiger partial charge in [-0.15, -0.1) is 0 Å². The molecule has 31 heavy (non-hydrogen) atoms. The summed E-state index contributed by atoms with van der Waals surface area (Å²) in [5, 5.41) is 3.46. The Bertz CT molecular complexity index is 1170. The van der Waals surface area contributed by atoms with E-state index in [2.05, 4.69) is 20.2 Å². The van der Waals surface area contributed by atoms with Gasteiger partial charge in [0.15, 0.2) is 10.8 Å². The molecule has 1 aliphatic heterocycles. The number of nitrogens with one attached hydrogen (secondary N) is 1. The largest absolute Gasteiger partial charge is 0.462 e. The van der Waals surface area contributed by atoms with Gasteiger partial charge in [-0.25, -0.2) is 9.78 Å². The Morgan fingerprint density at radius 2 is 2.00 bits per heavy atom. The third-order valence-electron chi connectivity index (χ3n) is 4.66. The number of carbonyl (C=O) groups excluding carboxylic acids is 2. The first-order valence-electron chi connectivity index (χ1n) is 9.81. The molecule has 1 saturated heterocycles. The van der Waals surface area contributed by atoms with Gasteiger partial charge in [-0.2, -0.15) is 16.7 Å². The summed E-state index contributed by atoms with van der Waals surface area (Å²) in [6.07, 6.45) is 1.33. The Hall–Kier alpha value is -2.92. The molecule has 1 N–H and O–H groups in total. The lowest BCUT2D eigenvalue weighted by Crippen LogP contribution is -2.32. The van der Waals surface area contributed by atoms with E-state index in [4.69, 9.17) is 4.74 Å². The number of para-hydroxylation sites is 1. The Morgan fingerprint density at radius 3 is 2.77 bits per heavy atom. The van der Waals surface area contributed by atoms with E-state index in [1.165, 1.54) is 22.2 Å². The number of hydrogen-bond donors (Lipinski definition) is 1. The number of esters is 1. The molecule has 1 aliphatic rings. The maximum atomic E-state index is 12.9. The highest BCUT2D eigenvalue weighted by Gasteiger charge is 2.19. The molecule has 11 heteroatoms. The van der Waals surface area contributed by atoms with Crippen molar-refractivity contribution in [1.82, 2.24) is 14.5 Å². The molecule has 1 fully saturated rings. The van der Waals surface area contributed by atoms with Crippen LogP contribution in [0.1, 0.15) is 17.3 Å². The van der Waals surface area contributed by atoms with E-state index >= 15 is 0 Å². The van der Waals surface area contributed by atoms with Gasteiger partial charge in [0.2, 0.25) is 5.91 Å². The van der Waals surface area contributed by atoms with Gasteiger partial charge >= 0.3 is 5.97 Å². The first-order chi connectivity index (χ1) is 15.1. The predicted octanol–water partition coefficient (Wildman–Crippen LogP) is 2.22. The fraction of sp³-hybridized carbons (Fsp3) is 0.350. The zero-order valence-corrected chi connectivity index (χ0v) is 18.5. The molecule has 0 spiro atoms. The van der Waals surface area contributed by atoms with E-state index in [0.717, 1.165) is 29.7 Å². The van der Waals surface area contributed by atoms with Crippen LogP contribution in [0.15, 0.2) is 35.4 Å². The lowest BCUT2D eigenvalue weighted by Gasteiger charge is -2.25. The summed E-state index contributed by atoms with van der Waals surface area (Å²) in [5.41, 5.74) is 0.669. The lowest BCUT2D eigenvalue weighted by molar-refractivity contribution is -0.116. The molecule has 0 bridgehead atoms.